The smallest absolute Gasteiger partial charge is 0.0792 e. The Morgan fingerprint density at radius 1 is 0.448 bits per heavy atom. The summed E-state index contributed by atoms with van der Waals surface area (Å²) >= 11 is 3.65. The SMILES string of the molecule is CCCCCCCCCCC[N+](C)(CCCBr)CCCCCCCCCCC.[I-]. The van der Waals surface area contributed by atoms with Gasteiger partial charge in [0, 0.05) is 11.8 Å². The second-order valence-corrected chi connectivity index (χ2v) is 10.3. The predicted molar refractivity (Wildman–Crippen MR) is 134 cm³/mol. The van der Waals surface area contributed by atoms with E-state index >= 15 is 0 Å². The van der Waals surface area contributed by atoms with Crippen LogP contribution in [-0.4, -0.2) is 36.5 Å². The zero-order valence-electron chi connectivity index (χ0n) is 20.5. The Bertz CT molecular complexity index is 276. The van der Waals surface area contributed by atoms with E-state index < -0.39 is 0 Å². The maximum absolute atomic E-state index is 3.65. The normalized spacial score (nSPS) is 11.6. The van der Waals surface area contributed by atoms with Crippen molar-refractivity contribution in [2.45, 2.75) is 136 Å². The molecular formula is C26H55BrIN. The fraction of sp³-hybridized carbons (Fsp3) is 1.00. The Labute approximate surface area is 211 Å². The van der Waals surface area contributed by atoms with Crippen molar-refractivity contribution >= 4 is 15.9 Å². The minimum atomic E-state index is 0. The summed E-state index contributed by atoms with van der Waals surface area (Å²) in [5.74, 6) is 0. The van der Waals surface area contributed by atoms with Gasteiger partial charge in [-0.05, 0) is 25.7 Å². The first kappa shape index (κ1) is 32.4. The van der Waals surface area contributed by atoms with Crippen LogP contribution in [0.15, 0.2) is 0 Å². The van der Waals surface area contributed by atoms with Gasteiger partial charge in [0.2, 0.25) is 0 Å². The highest BCUT2D eigenvalue weighted by Crippen LogP contribution is 2.16. The highest BCUT2D eigenvalue weighted by Gasteiger charge is 2.19. The first-order chi connectivity index (χ1) is 13.7. The molecule has 0 bridgehead atoms. The zero-order valence-corrected chi connectivity index (χ0v) is 24.2. The molecule has 0 aromatic heterocycles. The Kier molecular flexibility index (Phi) is 28.4. The van der Waals surface area contributed by atoms with Gasteiger partial charge in [-0.3, -0.25) is 0 Å². The summed E-state index contributed by atoms with van der Waals surface area (Å²) in [6, 6.07) is 0. The monoisotopic (exact) mass is 587 g/mol. The average Bonchev–Trinajstić information content (AvgIpc) is 2.70. The molecule has 3 heteroatoms. The third-order valence-electron chi connectivity index (χ3n) is 6.43. The van der Waals surface area contributed by atoms with Crippen LogP contribution in [-0.2, 0) is 0 Å². The zero-order chi connectivity index (χ0) is 20.8. The van der Waals surface area contributed by atoms with Crippen molar-refractivity contribution in [2.75, 3.05) is 32.0 Å². The number of quaternary nitrogens is 1. The Hall–Kier alpha value is 1.17. The van der Waals surface area contributed by atoms with Crippen molar-refractivity contribution in [2.24, 2.45) is 0 Å². The number of hydrogen-bond donors (Lipinski definition) is 0. The van der Waals surface area contributed by atoms with Crippen molar-refractivity contribution in [1.82, 2.24) is 0 Å². The van der Waals surface area contributed by atoms with Crippen LogP contribution in [0, 0.1) is 0 Å². The summed E-state index contributed by atoms with van der Waals surface area (Å²) < 4.78 is 1.32. The molecule has 0 N–H and O–H groups in total. The van der Waals surface area contributed by atoms with Gasteiger partial charge in [-0.25, -0.2) is 0 Å². The van der Waals surface area contributed by atoms with Crippen molar-refractivity contribution < 1.29 is 28.5 Å². The van der Waals surface area contributed by atoms with E-state index in [0.717, 1.165) is 5.33 Å². The quantitative estimate of drug-likeness (QED) is 0.0571. The number of hydrogen-bond acceptors (Lipinski definition) is 0. The van der Waals surface area contributed by atoms with E-state index in [1.54, 1.807) is 0 Å². The molecule has 0 aliphatic rings. The largest absolute Gasteiger partial charge is 1.00 e. The van der Waals surface area contributed by atoms with Gasteiger partial charge < -0.3 is 28.5 Å². The molecule has 0 spiro atoms. The van der Waals surface area contributed by atoms with Crippen LogP contribution < -0.4 is 24.0 Å². The summed E-state index contributed by atoms with van der Waals surface area (Å²) in [6.07, 6.45) is 27.3. The molecule has 0 radical (unpaired) electrons. The molecule has 0 rings (SSSR count). The standard InChI is InChI=1S/C26H55BrN.HI/c1-4-6-8-10-12-14-16-18-20-24-28(3,26-22-23-27)25-21-19-17-15-13-11-9-7-5-2;/h4-26H2,1-3H3;1H/q+1;/p-1. The van der Waals surface area contributed by atoms with Crippen molar-refractivity contribution in [3.05, 3.63) is 0 Å². The molecule has 0 amide bonds. The van der Waals surface area contributed by atoms with Crippen LogP contribution in [0.25, 0.3) is 0 Å². The number of alkyl halides is 1. The summed E-state index contributed by atoms with van der Waals surface area (Å²) in [5.41, 5.74) is 0. The molecule has 0 atom stereocenters. The molecule has 0 saturated heterocycles. The highest BCUT2D eigenvalue weighted by atomic mass is 127. The average molecular weight is 589 g/mol. The fourth-order valence-electron chi connectivity index (χ4n) is 4.39. The number of halogens is 2. The molecule has 0 aromatic rings. The second kappa shape index (κ2) is 25.4. The molecule has 1 nitrogen and oxygen atoms in total. The molecule has 0 unspecified atom stereocenters. The lowest BCUT2D eigenvalue weighted by molar-refractivity contribution is -0.910. The van der Waals surface area contributed by atoms with Crippen LogP contribution in [0.3, 0.4) is 0 Å². The van der Waals surface area contributed by atoms with Crippen molar-refractivity contribution in [3.63, 3.8) is 0 Å². The molecule has 0 aromatic carbocycles. The van der Waals surface area contributed by atoms with Gasteiger partial charge in [-0.15, -0.1) is 0 Å². The van der Waals surface area contributed by atoms with Gasteiger partial charge in [0.05, 0.1) is 26.7 Å². The Balaban J connectivity index is 0. The van der Waals surface area contributed by atoms with Crippen LogP contribution >= 0.6 is 15.9 Å². The van der Waals surface area contributed by atoms with Crippen LogP contribution in [0.4, 0.5) is 0 Å². The van der Waals surface area contributed by atoms with Gasteiger partial charge in [-0.2, -0.15) is 0 Å². The van der Waals surface area contributed by atoms with Gasteiger partial charge in [0.1, 0.15) is 0 Å². The van der Waals surface area contributed by atoms with Gasteiger partial charge in [0.15, 0.2) is 0 Å². The lowest BCUT2D eigenvalue weighted by Crippen LogP contribution is -3.00. The van der Waals surface area contributed by atoms with Crippen molar-refractivity contribution in [1.29, 1.82) is 0 Å². The summed E-state index contributed by atoms with van der Waals surface area (Å²) in [4.78, 5) is 0. The number of unbranched alkanes of at least 4 members (excludes halogenated alkanes) is 16. The molecule has 0 aliphatic carbocycles. The molecule has 0 fully saturated rings. The molecule has 29 heavy (non-hydrogen) atoms. The van der Waals surface area contributed by atoms with Crippen LogP contribution in [0.1, 0.15) is 136 Å². The maximum Gasteiger partial charge on any atom is 0.0792 e. The number of nitrogens with zero attached hydrogens (tertiary/aromatic N) is 1. The van der Waals surface area contributed by atoms with E-state index in [1.165, 1.54) is 146 Å². The molecule has 0 aliphatic heterocycles. The lowest BCUT2D eigenvalue weighted by atomic mass is 10.1. The predicted octanol–water partition coefficient (Wildman–Crippen LogP) is 6.28. The molecule has 0 saturated carbocycles. The minimum Gasteiger partial charge on any atom is -1.00 e. The van der Waals surface area contributed by atoms with Crippen LogP contribution in [0.2, 0.25) is 0 Å². The van der Waals surface area contributed by atoms with Gasteiger partial charge in [-0.1, -0.05) is 120 Å². The third kappa shape index (κ3) is 23.7. The molecule has 0 heterocycles. The van der Waals surface area contributed by atoms with Gasteiger partial charge in [0.25, 0.3) is 0 Å². The lowest BCUT2D eigenvalue weighted by Gasteiger charge is -2.35. The third-order valence-corrected chi connectivity index (χ3v) is 7.00. The molecule has 178 valence electrons. The fourth-order valence-corrected chi connectivity index (χ4v) is 4.64. The van der Waals surface area contributed by atoms with E-state index in [9.17, 15) is 0 Å². The highest BCUT2D eigenvalue weighted by molar-refractivity contribution is 9.09. The van der Waals surface area contributed by atoms with E-state index in [2.05, 4.69) is 36.8 Å². The van der Waals surface area contributed by atoms with E-state index in [0.29, 0.717) is 0 Å². The number of rotatable bonds is 23. The maximum atomic E-state index is 3.65. The molecular weight excluding hydrogens is 533 g/mol. The van der Waals surface area contributed by atoms with Crippen LogP contribution in [0.5, 0.6) is 0 Å². The van der Waals surface area contributed by atoms with Gasteiger partial charge >= 0.3 is 0 Å². The van der Waals surface area contributed by atoms with E-state index in [-0.39, 0.29) is 24.0 Å². The first-order valence-electron chi connectivity index (χ1n) is 13.1. The Morgan fingerprint density at radius 2 is 0.724 bits per heavy atom. The summed E-state index contributed by atoms with van der Waals surface area (Å²) in [5, 5.41) is 1.16. The minimum absolute atomic E-state index is 0. The van der Waals surface area contributed by atoms with Crippen molar-refractivity contribution in [3.8, 4) is 0 Å². The van der Waals surface area contributed by atoms with E-state index in [4.69, 9.17) is 0 Å². The summed E-state index contributed by atoms with van der Waals surface area (Å²) in [6.45, 7) is 8.78. The topological polar surface area (TPSA) is 0 Å². The first-order valence-corrected chi connectivity index (χ1v) is 14.2. The van der Waals surface area contributed by atoms with E-state index in [1.807, 2.05) is 0 Å². The summed E-state index contributed by atoms with van der Waals surface area (Å²) in [7, 11) is 2.53. The second-order valence-electron chi connectivity index (χ2n) is 9.49. The Morgan fingerprint density at radius 3 is 1.03 bits per heavy atom.